The summed E-state index contributed by atoms with van der Waals surface area (Å²) in [5.41, 5.74) is 1.93. The average Bonchev–Trinajstić information content (AvgIpc) is 2.45. The van der Waals surface area contributed by atoms with Crippen molar-refractivity contribution in [1.29, 1.82) is 0 Å². The van der Waals surface area contributed by atoms with E-state index in [2.05, 4.69) is 5.10 Å². The number of Topliss-reactive ketones (excluding diaryl/α,β-unsaturated/α-hetero) is 1. The van der Waals surface area contributed by atoms with Crippen molar-refractivity contribution in [3.8, 4) is 0 Å². The Balaban J connectivity index is 2.55. The number of aryl methyl sites for hydroxylation is 1. The second kappa shape index (κ2) is 3.66. The molecule has 0 aliphatic carbocycles. The van der Waals surface area contributed by atoms with Crippen molar-refractivity contribution in [3.05, 3.63) is 28.9 Å². The zero-order valence-corrected chi connectivity index (χ0v) is 9.38. The summed E-state index contributed by atoms with van der Waals surface area (Å²) >= 11 is 5.93. The number of nitrogens with zero attached hydrogens (tertiary/aromatic N) is 2. The van der Waals surface area contributed by atoms with Gasteiger partial charge in [0.15, 0.2) is 5.78 Å². The molecule has 2 aromatic rings. The number of hydrogen-bond acceptors (Lipinski definition) is 2. The fraction of sp³-hybridized carbons (Fsp3) is 0.273. The Morgan fingerprint density at radius 2 is 2.27 bits per heavy atom. The average molecular weight is 223 g/mol. The quantitative estimate of drug-likeness (QED) is 0.783. The van der Waals surface area contributed by atoms with Gasteiger partial charge in [-0.25, -0.2) is 0 Å². The van der Waals surface area contributed by atoms with E-state index in [1.54, 1.807) is 11.6 Å². The van der Waals surface area contributed by atoms with E-state index in [1.807, 2.05) is 25.3 Å². The summed E-state index contributed by atoms with van der Waals surface area (Å²) in [5, 5.41) is 6.00. The van der Waals surface area contributed by atoms with E-state index in [0.29, 0.717) is 11.6 Å². The molecular weight excluding hydrogens is 212 g/mol. The van der Waals surface area contributed by atoms with Gasteiger partial charge in [0, 0.05) is 16.6 Å². The van der Waals surface area contributed by atoms with Crippen LogP contribution in [-0.2, 0) is 11.3 Å². The van der Waals surface area contributed by atoms with Crippen LogP contribution in [0.15, 0.2) is 18.3 Å². The minimum Gasteiger partial charge on any atom is -0.298 e. The normalized spacial score (nSPS) is 10.9. The number of hydrogen-bond donors (Lipinski definition) is 0. The zero-order valence-electron chi connectivity index (χ0n) is 8.62. The van der Waals surface area contributed by atoms with Gasteiger partial charge in [0.05, 0.1) is 12.1 Å². The first-order valence-electron chi connectivity index (χ1n) is 4.69. The molecule has 0 fully saturated rings. The van der Waals surface area contributed by atoms with Gasteiger partial charge in [-0.05, 0) is 31.5 Å². The molecule has 2 rings (SSSR count). The third-order valence-electron chi connectivity index (χ3n) is 2.20. The number of halogens is 1. The smallest absolute Gasteiger partial charge is 0.151 e. The Bertz CT molecular complexity index is 531. The summed E-state index contributed by atoms with van der Waals surface area (Å²) in [6, 6.07) is 3.72. The van der Waals surface area contributed by atoms with Crippen LogP contribution in [0.5, 0.6) is 0 Å². The Hall–Kier alpha value is -1.35. The fourth-order valence-electron chi connectivity index (χ4n) is 1.62. The van der Waals surface area contributed by atoms with Crippen molar-refractivity contribution in [2.45, 2.75) is 20.4 Å². The monoisotopic (exact) mass is 222 g/mol. The van der Waals surface area contributed by atoms with Crippen LogP contribution in [0, 0.1) is 6.92 Å². The molecule has 0 amide bonds. The van der Waals surface area contributed by atoms with E-state index in [-0.39, 0.29) is 5.78 Å². The molecule has 0 radical (unpaired) electrons. The molecule has 1 heterocycles. The van der Waals surface area contributed by atoms with Gasteiger partial charge in [-0.2, -0.15) is 5.10 Å². The molecule has 3 nitrogen and oxygen atoms in total. The lowest BCUT2D eigenvalue weighted by Gasteiger charge is -1.95. The first kappa shape index (κ1) is 10.2. The minimum atomic E-state index is 0.0894. The highest BCUT2D eigenvalue weighted by Gasteiger charge is 2.06. The van der Waals surface area contributed by atoms with Crippen molar-refractivity contribution in [2.24, 2.45) is 0 Å². The van der Waals surface area contributed by atoms with Gasteiger partial charge in [-0.1, -0.05) is 11.6 Å². The Morgan fingerprint density at radius 3 is 2.93 bits per heavy atom. The molecule has 15 heavy (non-hydrogen) atoms. The minimum absolute atomic E-state index is 0.0894. The van der Waals surface area contributed by atoms with Gasteiger partial charge in [0.2, 0.25) is 0 Å². The summed E-state index contributed by atoms with van der Waals surface area (Å²) < 4.78 is 1.65. The maximum absolute atomic E-state index is 11.0. The van der Waals surface area contributed by atoms with Gasteiger partial charge < -0.3 is 0 Å². The SMILES string of the molecule is CC(=O)Cn1cc2cc(Cl)cc(C)c2n1. The van der Waals surface area contributed by atoms with Crippen molar-refractivity contribution in [1.82, 2.24) is 9.78 Å². The van der Waals surface area contributed by atoms with E-state index >= 15 is 0 Å². The van der Waals surface area contributed by atoms with E-state index in [4.69, 9.17) is 11.6 Å². The first-order valence-corrected chi connectivity index (χ1v) is 5.07. The van der Waals surface area contributed by atoms with Crippen molar-refractivity contribution >= 4 is 28.3 Å². The lowest BCUT2D eigenvalue weighted by atomic mass is 10.2. The van der Waals surface area contributed by atoms with Gasteiger partial charge in [0.1, 0.15) is 0 Å². The van der Waals surface area contributed by atoms with Crippen LogP contribution in [0.2, 0.25) is 5.02 Å². The summed E-state index contributed by atoms with van der Waals surface area (Å²) in [5.74, 6) is 0.0894. The van der Waals surface area contributed by atoms with E-state index in [9.17, 15) is 4.79 Å². The van der Waals surface area contributed by atoms with Crippen LogP contribution in [0.1, 0.15) is 12.5 Å². The maximum Gasteiger partial charge on any atom is 0.151 e. The molecule has 0 aliphatic rings. The molecule has 0 saturated heterocycles. The van der Waals surface area contributed by atoms with Crippen molar-refractivity contribution < 1.29 is 4.79 Å². The number of ketones is 1. The third-order valence-corrected chi connectivity index (χ3v) is 2.41. The summed E-state index contributed by atoms with van der Waals surface area (Å²) in [7, 11) is 0. The van der Waals surface area contributed by atoms with Crippen molar-refractivity contribution in [3.63, 3.8) is 0 Å². The Morgan fingerprint density at radius 1 is 1.53 bits per heavy atom. The van der Waals surface area contributed by atoms with Gasteiger partial charge in [-0.3, -0.25) is 9.48 Å². The third kappa shape index (κ3) is 2.02. The van der Waals surface area contributed by atoms with Crippen LogP contribution in [-0.4, -0.2) is 15.6 Å². The molecule has 0 atom stereocenters. The first-order chi connectivity index (χ1) is 7.06. The highest BCUT2D eigenvalue weighted by atomic mass is 35.5. The van der Waals surface area contributed by atoms with E-state index in [1.165, 1.54) is 0 Å². The van der Waals surface area contributed by atoms with Crippen LogP contribution in [0.25, 0.3) is 10.9 Å². The van der Waals surface area contributed by atoms with Crippen LogP contribution >= 0.6 is 11.6 Å². The molecule has 1 aromatic carbocycles. The molecule has 0 aliphatic heterocycles. The molecule has 0 N–H and O–H groups in total. The Kier molecular flexibility index (Phi) is 2.49. The molecule has 0 spiro atoms. The zero-order chi connectivity index (χ0) is 11.0. The number of rotatable bonds is 2. The molecule has 0 saturated carbocycles. The second-order valence-electron chi connectivity index (χ2n) is 3.69. The Labute approximate surface area is 92.6 Å². The topological polar surface area (TPSA) is 34.9 Å². The number of carbonyl (C=O) groups is 1. The summed E-state index contributed by atoms with van der Waals surface area (Å²) in [6.07, 6.45) is 1.84. The van der Waals surface area contributed by atoms with Crippen LogP contribution in [0.3, 0.4) is 0 Å². The largest absolute Gasteiger partial charge is 0.298 e. The van der Waals surface area contributed by atoms with Gasteiger partial charge in [0.25, 0.3) is 0 Å². The highest BCUT2D eigenvalue weighted by Crippen LogP contribution is 2.22. The van der Waals surface area contributed by atoms with Crippen molar-refractivity contribution in [2.75, 3.05) is 0 Å². The predicted molar refractivity (Wildman–Crippen MR) is 60.2 cm³/mol. The molecule has 78 valence electrons. The summed E-state index contributed by atoms with van der Waals surface area (Å²) in [4.78, 5) is 11.0. The van der Waals surface area contributed by atoms with Gasteiger partial charge in [-0.15, -0.1) is 0 Å². The fourth-order valence-corrected chi connectivity index (χ4v) is 1.90. The predicted octanol–water partition coefficient (Wildman–Crippen LogP) is 2.59. The highest BCUT2D eigenvalue weighted by molar-refractivity contribution is 6.31. The molecule has 0 unspecified atom stereocenters. The summed E-state index contributed by atoms with van der Waals surface area (Å²) in [6.45, 7) is 3.82. The molecule has 4 heteroatoms. The molecular formula is C11H11ClN2O. The number of carbonyl (C=O) groups excluding carboxylic acids is 1. The van der Waals surface area contributed by atoms with Crippen LogP contribution in [0.4, 0.5) is 0 Å². The van der Waals surface area contributed by atoms with Gasteiger partial charge >= 0.3 is 0 Å². The lowest BCUT2D eigenvalue weighted by molar-refractivity contribution is -0.117. The van der Waals surface area contributed by atoms with E-state index < -0.39 is 0 Å². The molecule has 1 aromatic heterocycles. The van der Waals surface area contributed by atoms with Crippen LogP contribution < -0.4 is 0 Å². The second-order valence-corrected chi connectivity index (χ2v) is 4.13. The van der Waals surface area contributed by atoms with E-state index in [0.717, 1.165) is 16.5 Å². The lowest BCUT2D eigenvalue weighted by Crippen LogP contribution is -2.06. The standard InChI is InChI=1S/C11H11ClN2O/c1-7-3-10(12)4-9-6-14(5-8(2)15)13-11(7)9/h3-4,6H,5H2,1-2H3. The molecule has 0 bridgehead atoms. The maximum atomic E-state index is 11.0. The number of aromatic nitrogens is 2. The number of fused-ring (bicyclic) bond motifs is 1. The number of benzene rings is 1.